The quantitative estimate of drug-likeness (QED) is 0.665. The van der Waals surface area contributed by atoms with E-state index in [1.807, 2.05) is 6.07 Å². The van der Waals surface area contributed by atoms with Gasteiger partial charge in [0.2, 0.25) is 0 Å². The molecule has 0 amide bonds. The van der Waals surface area contributed by atoms with E-state index < -0.39 is 0 Å². The molecule has 1 aromatic carbocycles. The summed E-state index contributed by atoms with van der Waals surface area (Å²) >= 11 is 5.90. The van der Waals surface area contributed by atoms with E-state index in [9.17, 15) is 9.90 Å². The van der Waals surface area contributed by atoms with Gasteiger partial charge in [-0.2, -0.15) is 5.26 Å². The van der Waals surface area contributed by atoms with Gasteiger partial charge in [-0.3, -0.25) is 4.79 Å². The number of aromatic hydroxyl groups is 1. The Hall–Kier alpha value is -1.99. The molecule has 4 nitrogen and oxygen atoms in total. The molecule has 0 unspecified atom stereocenters. The topological polar surface area (TPSA) is 70.3 Å². The molecular formula is C15H16ClNO3. The molecule has 0 radical (unpaired) electrons. The van der Waals surface area contributed by atoms with Gasteiger partial charge >= 0.3 is 0 Å². The molecule has 0 aliphatic carbocycles. The van der Waals surface area contributed by atoms with E-state index in [0.29, 0.717) is 12.2 Å². The number of nitrogens with zero attached hydrogens (tertiary/aromatic N) is 1. The van der Waals surface area contributed by atoms with Gasteiger partial charge in [0.15, 0.2) is 17.3 Å². The van der Waals surface area contributed by atoms with Gasteiger partial charge < -0.3 is 9.84 Å². The lowest BCUT2D eigenvalue weighted by Gasteiger charge is -2.09. The summed E-state index contributed by atoms with van der Waals surface area (Å²) in [6.45, 7) is 5.60. The molecule has 0 saturated carbocycles. The lowest BCUT2D eigenvalue weighted by atomic mass is 10.00. The van der Waals surface area contributed by atoms with Gasteiger partial charge in [-0.05, 0) is 30.7 Å². The van der Waals surface area contributed by atoms with Crippen LogP contribution in [0.2, 0.25) is 5.02 Å². The minimum atomic E-state index is -0.264. The summed E-state index contributed by atoms with van der Waals surface area (Å²) in [5.41, 5.74) is 0.575. The molecule has 0 aliphatic rings. The summed E-state index contributed by atoms with van der Waals surface area (Å²) in [7, 11) is 0. The summed E-state index contributed by atoms with van der Waals surface area (Å²) in [5.74, 6) is -0.436. The monoisotopic (exact) mass is 293 g/mol. The number of Topliss-reactive ketones (excluding diaryl/α,β-unsaturated/α-hetero) is 1. The third kappa shape index (κ3) is 3.75. The highest BCUT2D eigenvalue weighted by Gasteiger charge is 2.15. The molecular weight excluding hydrogens is 278 g/mol. The number of carbonyl (C=O) groups is 1. The number of halogens is 1. The van der Waals surface area contributed by atoms with E-state index in [2.05, 4.69) is 0 Å². The number of carbonyl (C=O) groups excluding carboxylic acids is 1. The van der Waals surface area contributed by atoms with E-state index in [0.717, 1.165) is 0 Å². The van der Waals surface area contributed by atoms with Crippen LogP contribution in [0.15, 0.2) is 17.7 Å². The Labute approximate surface area is 123 Å². The van der Waals surface area contributed by atoms with Gasteiger partial charge in [-0.25, -0.2) is 0 Å². The first-order valence-corrected chi connectivity index (χ1v) is 6.59. The molecule has 1 rings (SSSR count). The molecule has 1 N–H and O–H groups in total. The second-order valence-electron chi connectivity index (χ2n) is 4.47. The molecule has 0 atom stereocenters. The van der Waals surface area contributed by atoms with E-state index in [1.54, 1.807) is 20.8 Å². The van der Waals surface area contributed by atoms with Crippen LogP contribution in [0.4, 0.5) is 0 Å². The summed E-state index contributed by atoms with van der Waals surface area (Å²) in [6, 6.07) is 4.90. The Bertz CT molecular complexity index is 586. The van der Waals surface area contributed by atoms with E-state index in [4.69, 9.17) is 21.6 Å². The number of phenols is 1. The lowest BCUT2D eigenvalue weighted by Crippen LogP contribution is -2.08. The van der Waals surface area contributed by atoms with Crippen LogP contribution in [0.1, 0.15) is 26.3 Å². The second-order valence-corrected chi connectivity index (χ2v) is 4.88. The molecule has 20 heavy (non-hydrogen) atoms. The van der Waals surface area contributed by atoms with Crippen molar-refractivity contribution in [3.63, 3.8) is 0 Å². The molecule has 0 aromatic heterocycles. The molecule has 0 fully saturated rings. The fourth-order valence-corrected chi connectivity index (χ4v) is 1.80. The van der Waals surface area contributed by atoms with Crippen molar-refractivity contribution in [3.8, 4) is 17.6 Å². The fraction of sp³-hybridized carbons (Fsp3) is 0.333. The van der Waals surface area contributed by atoms with Crippen molar-refractivity contribution in [2.75, 3.05) is 6.61 Å². The summed E-state index contributed by atoms with van der Waals surface area (Å²) in [6.07, 6.45) is 1.44. The standard InChI is InChI=1S/C15H16ClNO3/c1-4-20-13-7-10(6-12(16)15(13)19)5-11(8-17)14(18)9(2)3/h5-7,9,19H,4H2,1-3H3/b11-5-. The van der Waals surface area contributed by atoms with Crippen molar-refractivity contribution in [1.82, 2.24) is 0 Å². The first-order valence-electron chi connectivity index (χ1n) is 6.22. The molecule has 0 spiro atoms. The van der Waals surface area contributed by atoms with Gasteiger partial charge in [-0.15, -0.1) is 0 Å². The second kappa shape index (κ2) is 6.97. The highest BCUT2D eigenvalue weighted by molar-refractivity contribution is 6.32. The van der Waals surface area contributed by atoms with Crippen LogP contribution in [0.5, 0.6) is 11.5 Å². The molecule has 0 aliphatic heterocycles. The zero-order chi connectivity index (χ0) is 15.3. The Morgan fingerprint density at radius 3 is 2.70 bits per heavy atom. The number of nitriles is 1. The summed E-state index contributed by atoms with van der Waals surface area (Å²) in [4.78, 5) is 11.8. The third-order valence-electron chi connectivity index (χ3n) is 2.57. The highest BCUT2D eigenvalue weighted by Crippen LogP contribution is 2.35. The summed E-state index contributed by atoms with van der Waals surface area (Å²) in [5, 5.41) is 18.9. The van der Waals surface area contributed by atoms with Gasteiger partial charge in [0.25, 0.3) is 0 Å². The zero-order valence-corrected chi connectivity index (χ0v) is 12.4. The first-order chi connectivity index (χ1) is 9.40. The normalized spacial score (nSPS) is 11.3. The largest absolute Gasteiger partial charge is 0.503 e. The van der Waals surface area contributed by atoms with Gasteiger partial charge in [0.1, 0.15) is 6.07 Å². The van der Waals surface area contributed by atoms with Crippen LogP contribution in [0.25, 0.3) is 6.08 Å². The van der Waals surface area contributed by atoms with E-state index in [1.165, 1.54) is 18.2 Å². The van der Waals surface area contributed by atoms with Crippen molar-refractivity contribution < 1.29 is 14.6 Å². The Morgan fingerprint density at radius 2 is 2.20 bits per heavy atom. The number of benzene rings is 1. The van der Waals surface area contributed by atoms with Crippen molar-refractivity contribution in [2.45, 2.75) is 20.8 Å². The molecule has 0 saturated heterocycles. The maximum absolute atomic E-state index is 11.8. The molecule has 0 bridgehead atoms. The van der Waals surface area contributed by atoms with Crippen molar-refractivity contribution in [2.24, 2.45) is 5.92 Å². The maximum Gasteiger partial charge on any atom is 0.176 e. The fourth-order valence-electron chi connectivity index (χ4n) is 1.58. The average Bonchev–Trinajstić information content (AvgIpc) is 2.40. The smallest absolute Gasteiger partial charge is 0.176 e. The SMILES string of the molecule is CCOc1cc(/C=C(/C#N)C(=O)C(C)C)cc(Cl)c1O. The van der Waals surface area contributed by atoms with Crippen molar-refractivity contribution in [3.05, 3.63) is 28.3 Å². The van der Waals surface area contributed by atoms with E-state index >= 15 is 0 Å². The number of ketones is 1. The molecule has 5 heteroatoms. The number of hydrogen-bond acceptors (Lipinski definition) is 4. The van der Waals surface area contributed by atoms with Crippen LogP contribution in [-0.4, -0.2) is 17.5 Å². The number of phenolic OH excluding ortho intramolecular Hbond substituents is 1. The zero-order valence-electron chi connectivity index (χ0n) is 11.6. The number of hydrogen-bond donors (Lipinski definition) is 1. The maximum atomic E-state index is 11.8. The van der Waals surface area contributed by atoms with E-state index in [-0.39, 0.29) is 33.8 Å². The third-order valence-corrected chi connectivity index (χ3v) is 2.86. The number of rotatable bonds is 5. The number of allylic oxidation sites excluding steroid dienone is 1. The molecule has 106 valence electrons. The van der Waals surface area contributed by atoms with Gasteiger partial charge in [-0.1, -0.05) is 25.4 Å². The summed E-state index contributed by atoms with van der Waals surface area (Å²) < 4.78 is 5.25. The van der Waals surface area contributed by atoms with Gasteiger partial charge in [0.05, 0.1) is 17.2 Å². The van der Waals surface area contributed by atoms with Crippen LogP contribution >= 0.6 is 11.6 Å². The van der Waals surface area contributed by atoms with Crippen LogP contribution < -0.4 is 4.74 Å². The Balaban J connectivity index is 3.26. The average molecular weight is 294 g/mol. The molecule has 0 heterocycles. The Kier molecular flexibility index (Phi) is 5.60. The van der Waals surface area contributed by atoms with Crippen LogP contribution in [0.3, 0.4) is 0 Å². The minimum absolute atomic E-state index is 0.0456. The predicted molar refractivity (Wildman–Crippen MR) is 77.7 cm³/mol. The Morgan fingerprint density at radius 1 is 1.55 bits per heavy atom. The molecule has 1 aromatic rings. The first kappa shape index (κ1) is 16.1. The van der Waals surface area contributed by atoms with Crippen LogP contribution in [0, 0.1) is 17.2 Å². The van der Waals surface area contributed by atoms with Crippen molar-refractivity contribution >= 4 is 23.5 Å². The predicted octanol–water partition coefficient (Wildman–Crippen LogP) is 3.58. The van der Waals surface area contributed by atoms with Gasteiger partial charge in [0, 0.05) is 5.92 Å². The van der Waals surface area contributed by atoms with Crippen LogP contribution in [-0.2, 0) is 4.79 Å². The van der Waals surface area contributed by atoms with Crippen molar-refractivity contribution in [1.29, 1.82) is 5.26 Å². The highest BCUT2D eigenvalue weighted by atomic mass is 35.5. The lowest BCUT2D eigenvalue weighted by molar-refractivity contribution is -0.117. The minimum Gasteiger partial charge on any atom is -0.503 e. The number of ether oxygens (including phenoxy) is 1.